The Labute approximate surface area is 121 Å². The van der Waals surface area contributed by atoms with Gasteiger partial charge in [-0.3, -0.25) is 0 Å². The fourth-order valence-corrected chi connectivity index (χ4v) is 1.96. The van der Waals surface area contributed by atoms with Gasteiger partial charge in [-0.25, -0.2) is 0 Å². The summed E-state index contributed by atoms with van der Waals surface area (Å²) in [6.07, 6.45) is 0. The molecular weight excluding hydrogens is 236 g/mol. The van der Waals surface area contributed by atoms with Crippen molar-refractivity contribution in [2.75, 3.05) is 28.2 Å². The van der Waals surface area contributed by atoms with Crippen LogP contribution in [0.1, 0.15) is 55.4 Å². The molecule has 3 nitrogen and oxygen atoms in total. The molecule has 0 aliphatic heterocycles. The van der Waals surface area contributed by atoms with Gasteiger partial charge in [0.05, 0.1) is 11.2 Å². The van der Waals surface area contributed by atoms with Crippen molar-refractivity contribution >= 4 is 0 Å². The molecule has 0 bridgehead atoms. The van der Waals surface area contributed by atoms with Gasteiger partial charge in [-0.2, -0.15) is 0 Å². The molecule has 0 rings (SSSR count). The van der Waals surface area contributed by atoms with Gasteiger partial charge >= 0.3 is 0 Å². The van der Waals surface area contributed by atoms with Crippen molar-refractivity contribution in [1.82, 2.24) is 9.80 Å². The van der Waals surface area contributed by atoms with Crippen molar-refractivity contribution in [3.63, 3.8) is 0 Å². The van der Waals surface area contributed by atoms with Crippen LogP contribution in [0.5, 0.6) is 0 Å². The Bertz CT molecular complexity index is 272. The first-order valence-corrected chi connectivity index (χ1v) is 7.14. The van der Waals surface area contributed by atoms with E-state index < -0.39 is 0 Å². The summed E-state index contributed by atoms with van der Waals surface area (Å²) in [6.45, 7) is 17.6. The monoisotopic (exact) mass is 272 g/mol. The van der Waals surface area contributed by atoms with E-state index in [1.165, 1.54) is 0 Å². The number of ether oxygens (including phenoxy) is 1. The molecule has 3 heteroatoms. The van der Waals surface area contributed by atoms with E-state index in [-0.39, 0.29) is 22.3 Å². The Morgan fingerprint density at radius 2 is 0.737 bits per heavy atom. The smallest absolute Gasteiger partial charge is 0.0811 e. The molecule has 0 aromatic heterocycles. The molecule has 0 amide bonds. The Balaban J connectivity index is 5.34. The SMILES string of the molecule is CN(C)C(C)(C)C(C)(C)OC(C)(C)C(C)(C)N(C)C. The highest BCUT2D eigenvalue weighted by Crippen LogP contribution is 2.38. The van der Waals surface area contributed by atoms with Gasteiger partial charge in [-0.05, 0) is 83.6 Å². The van der Waals surface area contributed by atoms with Gasteiger partial charge in [0.25, 0.3) is 0 Å². The molecule has 0 aromatic carbocycles. The van der Waals surface area contributed by atoms with Gasteiger partial charge in [-0.15, -0.1) is 0 Å². The van der Waals surface area contributed by atoms with Gasteiger partial charge < -0.3 is 14.5 Å². The molecule has 0 aliphatic carbocycles. The van der Waals surface area contributed by atoms with Crippen LogP contribution in [0.3, 0.4) is 0 Å². The summed E-state index contributed by atoms with van der Waals surface area (Å²) in [5.41, 5.74) is -0.611. The zero-order chi connectivity index (χ0) is 15.9. The summed E-state index contributed by atoms with van der Waals surface area (Å²) in [5, 5.41) is 0. The molecule has 0 saturated carbocycles. The molecule has 116 valence electrons. The standard InChI is InChI=1S/C16H36N2O/c1-13(2,17(9)10)15(5,6)19-16(7,8)14(3,4)18(11)12/h1-12H3. The molecule has 0 radical (unpaired) electrons. The summed E-state index contributed by atoms with van der Waals surface area (Å²) >= 11 is 0. The quantitative estimate of drug-likeness (QED) is 0.738. The third-order valence-electron chi connectivity index (χ3n) is 5.69. The highest BCUT2D eigenvalue weighted by Gasteiger charge is 2.48. The average Bonchev–Trinajstić information content (AvgIpc) is 2.14. The van der Waals surface area contributed by atoms with Crippen LogP contribution < -0.4 is 0 Å². The summed E-state index contributed by atoms with van der Waals surface area (Å²) in [6, 6.07) is 0. The molecule has 0 atom stereocenters. The lowest BCUT2D eigenvalue weighted by molar-refractivity contribution is -0.214. The van der Waals surface area contributed by atoms with Gasteiger partial charge in [0.15, 0.2) is 0 Å². The predicted molar refractivity (Wildman–Crippen MR) is 84.8 cm³/mol. The number of nitrogens with zero attached hydrogens (tertiary/aromatic N) is 2. The Kier molecular flexibility index (Phi) is 5.31. The van der Waals surface area contributed by atoms with Crippen molar-refractivity contribution in [1.29, 1.82) is 0 Å². The van der Waals surface area contributed by atoms with Crippen molar-refractivity contribution in [3.05, 3.63) is 0 Å². The maximum atomic E-state index is 6.59. The molecule has 0 aromatic rings. The van der Waals surface area contributed by atoms with Crippen LogP contribution in [0, 0.1) is 0 Å². The van der Waals surface area contributed by atoms with Crippen LogP contribution in [0.15, 0.2) is 0 Å². The summed E-state index contributed by atoms with van der Waals surface area (Å²) in [7, 11) is 8.43. The van der Waals surface area contributed by atoms with Crippen LogP contribution >= 0.6 is 0 Å². The normalized spacial score (nSPS) is 15.5. The van der Waals surface area contributed by atoms with Crippen LogP contribution in [0.4, 0.5) is 0 Å². The summed E-state index contributed by atoms with van der Waals surface area (Å²) in [5.74, 6) is 0. The van der Waals surface area contributed by atoms with E-state index in [1.54, 1.807) is 0 Å². The third-order valence-corrected chi connectivity index (χ3v) is 5.69. The van der Waals surface area contributed by atoms with Crippen molar-refractivity contribution in [2.45, 2.75) is 77.7 Å². The van der Waals surface area contributed by atoms with Gasteiger partial charge in [0, 0.05) is 11.1 Å². The first kappa shape index (κ1) is 18.9. The Hall–Kier alpha value is -0.120. The van der Waals surface area contributed by atoms with Crippen molar-refractivity contribution in [3.8, 4) is 0 Å². The molecule has 0 saturated heterocycles. The maximum Gasteiger partial charge on any atom is 0.0811 e. The van der Waals surface area contributed by atoms with Crippen molar-refractivity contribution in [2.24, 2.45) is 0 Å². The second-order valence-corrected chi connectivity index (χ2v) is 8.03. The fourth-order valence-electron chi connectivity index (χ4n) is 1.96. The topological polar surface area (TPSA) is 15.7 Å². The van der Waals surface area contributed by atoms with Crippen LogP contribution in [0.25, 0.3) is 0 Å². The zero-order valence-corrected chi connectivity index (χ0v) is 15.3. The number of rotatable bonds is 6. The lowest BCUT2D eigenvalue weighted by Gasteiger charge is -2.54. The van der Waals surface area contributed by atoms with Crippen LogP contribution in [-0.2, 0) is 4.74 Å². The minimum atomic E-state index is -0.257. The van der Waals surface area contributed by atoms with Gasteiger partial charge in [0.2, 0.25) is 0 Å². The third kappa shape index (κ3) is 3.50. The lowest BCUT2D eigenvalue weighted by atomic mass is 9.80. The zero-order valence-electron chi connectivity index (χ0n) is 15.3. The van der Waals surface area contributed by atoms with E-state index in [1.807, 2.05) is 0 Å². The van der Waals surface area contributed by atoms with E-state index in [4.69, 9.17) is 4.74 Å². The van der Waals surface area contributed by atoms with Crippen LogP contribution in [-0.4, -0.2) is 60.3 Å². The summed E-state index contributed by atoms with van der Waals surface area (Å²) in [4.78, 5) is 4.46. The Morgan fingerprint density at radius 1 is 0.526 bits per heavy atom. The van der Waals surface area contributed by atoms with E-state index in [2.05, 4.69) is 93.4 Å². The second kappa shape index (κ2) is 5.34. The molecular formula is C16H36N2O. The van der Waals surface area contributed by atoms with Gasteiger partial charge in [-0.1, -0.05) is 0 Å². The number of likely N-dealkylation sites (N-methyl/N-ethyl adjacent to an activating group) is 2. The first-order valence-electron chi connectivity index (χ1n) is 7.14. The largest absolute Gasteiger partial charge is 0.366 e. The number of hydrogen-bond acceptors (Lipinski definition) is 3. The molecule has 0 heterocycles. The second-order valence-electron chi connectivity index (χ2n) is 8.03. The minimum Gasteiger partial charge on any atom is -0.366 e. The highest BCUT2D eigenvalue weighted by atomic mass is 16.5. The fraction of sp³-hybridized carbons (Fsp3) is 1.00. The highest BCUT2D eigenvalue weighted by molar-refractivity contribution is 5.02. The summed E-state index contributed by atoms with van der Waals surface area (Å²) < 4.78 is 6.59. The van der Waals surface area contributed by atoms with E-state index >= 15 is 0 Å². The number of hydrogen-bond donors (Lipinski definition) is 0. The molecule has 0 N–H and O–H groups in total. The lowest BCUT2D eigenvalue weighted by Crippen LogP contribution is -2.64. The average molecular weight is 272 g/mol. The molecule has 19 heavy (non-hydrogen) atoms. The molecule has 0 aliphatic rings. The predicted octanol–water partition coefficient (Wildman–Crippen LogP) is 3.24. The van der Waals surface area contributed by atoms with Crippen molar-refractivity contribution < 1.29 is 4.74 Å². The van der Waals surface area contributed by atoms with Crippen LogP contribution in [0.2, 0.25) is 0 Å². The van der Waals surface area contributed by atoms with Gasteiger partial charge in [0.1, 0.15) is 0 Å². The molecule has 0 spiro atoms. The van der Waals surface area contributed by atoms with E-state index in [9.17, 15) is 0 Å². The molecule has 0 fully saturated rings. The first-order chi connectivity index (χ1) is 8.09. The van der Waals surface area contributed by atoms with E-state index in [0.717, 1.165) is 0 Å². The Morgan fingerprint density at radius 3 is 0.895 bits per heavy atom. The van der Waals surface area contributed by atoms with E-state index in [0.29, 0.717) is 0 Å². The molecule has 0 unspecified atom stereocenters. The maximum absolute atomic E-state index is 6.59. The minimum absolute atomic E-state index is 0.0489.